The highest BCUT2D eigenvalue weighted by Gasteiger charge is 2.36. The molecule has 2 heterocycles. The molecule has 0 aliphatic carbocycles. The van der Waals surface area contributed by atoms with Crippen LogP contribution in [0.15, 0.2) is 35.2 Å². The van der Waals surface area contributed by atoms with Gasteiger partial charge in [0.25, 0.3) is 11.1 Å². The Labute approximate surface area is 187 Å². The molecule has 1 aliphatic rings. The Hall–Kier alpha value is -2.80. The lowest BCUT2D eigenvalue weighted by Crippen LogP contribution is -2.34. The minimum Gasteiger partial charge on any atom is -0.462 e. The monoisotopic (exact) mass is 440 g/mol. The second-order valence-electron chi connectivity index (χ2n) is 7.84. The smallest absolute Gasteiger partial charge is 0.338 e. The highest BCUT2D eigenvalue weighted by molar-refractivity contribution is 8.18. The number of hydrogen-bond donors (Lipinski definition) is 0. The van der Waals surface area contributed by atoms with Gasteiger partial charge in [-0.3, -0.25) is 14.5 Å². The molecule has 0 unspecified atom stereocenters. The SMILES string of the molecule is CCCCOC(=O)c1ccc(-n2c(C)cc(/C=C3\SC(=O)N(C(C)C)C3=O)c2C)cc1. The van der Waals surface area contributed by atoms with Crippen molar-refractivity contribution in [3.05, 3.63) is 57.8 Å². The van der Waals surface area contributed by atoms with Crippen LogP contribution in [0.25, 0.3) is 11.8 Å². The van der Waals surface area contributed by atoms with E-state index in [2.05, 4.69) is 4.57 Å². The number of amides is 2. The number of benzene rings is 1. The molecule has 0 radical (unpaired) electrons. The fraction of sp³-hybridized carbons (Fsp3) is 0.375. The van der Waals surface area contributed by atoms with E-state index in [0.717, 1.165) is 47.2 Å². The molecule has 0 atom stereocenters. The minimum atomic E-state index is -0.317. The zero-order valence-electron chi connectivity index (χ0n) is 18.6. The Balaban J connectivity index is 1.85. The van der Waals surface area contributed by atoms with Gasteiger partial charge in [0, 0.05) is 23.1 Å². The second kappa shape index (κ2) is 9.56. The number of carbonyl (C=O) groups excluding carboxylic acids is 3. The summed E-state index contributed by atoms with van der Waals surface area (Å²) < 4.78 is 7.33. The number of carbonyl (C=O) groups is 3. The first-order valence-corrected chi connectivity index (χ1v) is 11.3. The molecule has 31 heavy (non-hydrogen) atoms. The van der Waals surface area contributed by atoms with Gasteiger partial charge in [0.05, 0.1) is 17.1 Å². The van der Waals surface area contributed by atoms with Crippen molar-refractivity contribution in [2.24, 2.45) is 0 Å². The summed E-state index contributed by atoms with van der Waals surface area (Å²) in [5.74, 6) is -0.566. The zero-order chi connectivity index (χ0) is 22.7. The highest BCUT2D eigenvalue weighted by atomic mass is 32.2. The standard InChI is InChI=1S/C24H28N2O4S/c1-6-7-12-30-23(28)18-8-10-20(11-9-18)26-16(4)13-19(17(26)5)14-21-22(27)25(15(2)3)24(29)31-21/h8-11,13-15H,6-7,12H2,1-5H3/b21-14-. The summed E-state index contributed by atoms with van der Waals surface area (Å²) in [4.78, 5) is 38.6. The molecule has 2 amide bonds. The van der Waals surface area contributed by atoms with Crippen molar-refractivity contribution in [1.29, 1.82) is 0 Å². The highest BCUT2D eigenvalue weighted by Crippen LogP contribution is 2.34. The van der Waals surface area contributed by atoms with E-state index in [9.17, 15) is 14.4 Å². The molecule has 164 valence electrons. The molecule has 1 aromatic heterocycles. The average molecular weight is 441 g/mol. The van der Waals surface area contributed by atoms with Gasteiger partial charge >= 0.3 is 5.97 Å². The summed E-state index contributed by atoms with van der Waals surface area (Å²) in [6.07, 6.45) is 3.61. The number of ether oxygens (including phenoxy) is 1. The van der Waals surface area contributed by atoms with E-state index >= 15 is 0 Å². The van der Waals surface area contributed by atoms with E-state index in [1.54, 1.807) is 18.2 Å². The van der Waals surface area contributed by atoms with Crippen molar-refractivity contribution in [3.8, 4) is 5.69 Å². The third-order valence-corrected chi connectivity index (χ3v) is 6.07. The molecule has 1 fully saturated rings. The topological polar surface area (TPSA) is 68.6 Å². The van der Waals surface area contributed by atoms with Crippen LogP contribution in [0, 0.1) is 13.8 Å². The first-order valence-electron chi connectivity index (χ1n) is 10.5. The van der Waals surface area contributed by atoms with Crippen LogP contribution in [0.3, 0.4) is 0 Å². The number of nitrogens with zero attached hydrogens (tertiary/aromatic N) is 2. The molecule has 6 nitrogen and oxygen atoms in total. The number of hydrogen-bond acceptors (Lipinski definition) is 5. The molecule has 0 saturated carbocycles. The van der Waals surface area contributed by atoms with Gasteiger partial charge in [0.2, 0.25) is 0 Å². The fourth-order valence-corrected chi connectivity index (χ4v) is 4.49. The summed E-state index contributed by atoms with van der Waals surface area (Å²) >= 11 is 0.976. The predicted molar refractivity (Wildman–Crippen MR) is 123 cm³/mol. The normalized spacial score (nSPS) is 15.4. The van der Waals surface area contributed by atoms with Crippen LogP contribution in [0.4, 0.5) is 4.79 Å². The summed E-state index contributed by atoms with van der Waals surface area (Å²) in [5, 5.41) is -0.235. The average Bonchev–Trinajstić information content (AvgIpc) is 3.16. The van der Waals surface area contributed by atoms with Crippen LogP contribution >= 0.6 is 11.8 Å². The molecule has 2 aromatic rings. The number of imide groups is 1. The van der Waals surface area contributed by atoms with Crippen molar-refractivity contribution >= 4 is 35.0 Å². The first kappa shape index (κ1) is 22.9. The Morgan fingerprint density at radius 1 is 1.16 bits per heavy atom. The van der Waals surface area contributed by atoms with Crippen LogP contribution in [-0.2, 0) is 9.53 Å². The largest absolute Gasteiger partial charge is 0.462 e. The van der Waals surface area contributed by atoms with Crippen molar-refractivity contribution in [2.75, 3.05) is 6.61 Å². The number of thioether (sulfide) groups is 1. The number of unbranched alkanes of at least 4 members (excludes halogenated alkanes) is 1. The molecule has 1 aromatic carbocycles. The van der Waals surface area contributed by atoms with Gasteiger partial charge in [-0.2, -0.15) is 0 Å². The molecular weight excluding hydrogens is 412 g/mol. The first-order chi connectivity index (χ1) is 14.7. The van der Waals surface area contributed by atoms with Gasteiger partial charge in [-0.25, -0.2) is 4.79 Å². The molecule has 0 spiro atoms. The van der Waals surface area contributed by atoms with Crippen LogP contribution in [0.1, 0.15) is 60.9 Å². The van der Waals surface area contributed by atoms with Crippen molar-refractivity contribution in [3.63, 3.8) is 0 Å². The summed E-state index contributed by atoms with van der Waals surface area (Å²) in [7, 11) is 0. The van der Waals surface area contributed by atoms with Gasteiger partial charge in [0.15, 0.2) is 0 Å². The lowest BCUT2D eigenvalue weighted by molar-refractivity contribution is -0.123. The Morgan fingerprint density at radius 2 is 1.84 bits per heavy atom. The van der Waals surface area contributed by atoms with Gasteiger partial charge in [-0.1, -0.05) is 13.3 Å². The predicted octanol–water partition coefficient (Wildman–Crippen LogP) is 5.50. The van der Waals surface area contributed by atoms with Crippen molar-refractivity contribution in [2.45, 2.75) is 53.5 Å². The number of aromatic nitrogens is 1. The molecule has 1 saturated heterocycles. The van der Waals surface area contributed by atoms with Gasteiger partial charge in [-0.15, -0.1) is 0 Å². The summed E-state index contributed by atoms with van der Waals surface area (Å²) in [6.45, 7) is 10.1. The maximum absolute atomic E-state index is 12.6. The van der Waals surface area contributed by atoms with Gasteiger partial charge in [0.1, 0.15) is 0 Å². The summed E-state index contributed by atoms with van der Waals surface area (Å²) in [5.41, 5.74) is 4.26. The molecular formula is C24H28N2O4S. The maximum atomic E-state index is 12.6. The van der Waals surface area contributed by atoms with E-state index in [4.69, 9.17) is 4.74 Å². The molecule has 3 rings (SSSR count). The van der Waals surface area contributed by atoms with Crippen LogP contribution in [-0.4, -0.2) is 39.2 Å². The molecule has 0 bridgehead atoms. The minimum absolute atomic E-state index is 0.169. The lowest BCUT2D eigenvalue weighted by Gasteiger charge is -2.16. The molecule has 7 heteroatoms. The van der Waals surface area contributed by atoms with Gasteiger partial charge < -0.3 is 9.30 Å². The van der Waals surface area contributed by atoms with Crippen LogP contribution in [0.5, 0.6) is 0 Å². The van der Waals surface area contributed by atoms with E-state index in [1.165, 1.54) is 4.90 Å². The van der Waals surface area contributed by atoms with E-state index in [0.29, 0.717) is 17.1 Å². The number of esters is 1. The van der Waals surface area contributed by atoms with Crippen LogP contribution in [0.2, 0.25) is 0 Å². The number of aryl methyl sites for hydroxylation is 1. The van der Waals surface area contributed by atoms with Crippen molar-refractivity contribution < 1.29 is 19.1 Å². The third kappa shape index (κ3) is 4.77. The van der Waals surface area contributed by atoms with Gasteiger partial charge in [-0.05, 0) is 87.8 Å². The lowest BCUT2D eigenvalue weighted by atomic mass is 10.2. The Bertz CT molecular complexity index is 1030. The molecule has 1 aliphatic heterocycles. The number of rotatable bonds is 7. The van der Waals surface area contributed by atoms with E-state index in [1.807, 2.05) is 52.8 Å². The summed E-state index contributed by atoms with van der Waals surface area (Å²) in [6, 6.07) is 9.11. The van der Waals surface area contributed by atoms with E-state index < -0.39 is 0 Å². The third-order valence-electron chi connectivity index (χ3n) is 5.19. The Morgan fingerprint density at radius 3 is 2.42 bits per heavy atom. The maximum Gasteiger partial charge on any atom is 0.338 e. The van der Waals surface area contributed by atoms with Crippen molar-refractivity contribution in [1.82, 2.24) is 9.47 Å². The Kier molecular flexibility index (Phi) is 7.05. The van der Waals surface area contributed by atoms with Crippen LogP contribution < -0.4 is 0 Å². The molecule has 0 N–H and O–H groups in total. The van der Waals surface area contributed by atoms with E-state index in [-0.39, 0.29) is 23.2 Å². The quantitative estimate of drug-likeness (QED) is 0.323. The zero-order valence-corrected chi connectivity index (χ0v) is 19.4. The fourth-order valence-electron chi connectivity index (χ4n) is 3.54. The second-order valence-corrected chi connectivity index (χ2v) is 8.84.